The maximum absolute atomic E-state index is 13.8. The zero-order valence-electron chi connectivity index (χ0n) is 20.4. The topological polar surface area (TPSA) is 84.5 Å². The van der Waals surface area contributed by atoms with E-state index in [1.807, 2.05) is 0 Å². The Balaban J connectivity index is 1.43. The lowest BCUT2D eigenvalue weighted by atomic mass is 10.1. The number of ether oxygens (including phenoxy) is 1. The summed E-state index contributed by atoms with van der Waals surface area (Å²) in [5.41, 5.74) is 1.67. The van der Waals surface area contributed by atoms with Crippen molar-refractivity contribution < 1.29 is 26.7 Å². The first-order valence-corrected chi connectivity index (χ1v) is 13.3. The predicted molar refractivity (Wildman–Crippen MR) is 142 cm³/mol. The predicted octanol–water partition coefficient (Wildman–Crippen LogP) is 7.18. The number of halogens is 3. The fourth-order valence-corrected chi connectivity index (χ4v) is 5.17. The molecule has 0 saturated heterocycles. The van der Waals surface area contributed by atoms with Gasteiger partial charge in [0, 0.05) is 16.3 Å². The van der Waals surface area contributed by atoms with Crippen LogP contribution in [0.2, 0.25) is 5.02 Å². The van der Waals surface area contributed by atoms with Gasteiger partial charge in [-0.25, -0.2) is 22.0 Å². The van der Waals surface area contributed by atoms with Gasteiger partial charge in [0.1, 0.15) is 23.1 Å². The van der Waals surface area contributed by atoms with Crippen molar-refractivity contribution in [2.45, 2.75) is 30.2 Å². The Morgan fingerprint density at radius 2 is 1.37 bits per heavy atom. The highest BCUT2D eigenvalue weighted by molar-refractivity contribution is 7.91. The van der Waals surface area contributed by atoms with Crippen LogP contribution in [0.15, 0.2) is 88.7 Å². The molecule has 2 amide bonds. The molecular weight excluding hydrogens is 534 g/mol. The Morgan fingerprint density at radius 1 is 0.842 bits per heavy atom. The number of carbonyl (C=O) groups excluding carboxylic acids is 1. The molecule has 0 saturated carbocycles. The number of aryl methyl sites for hydroxylation is 2. The molecule has 0 unspecified atom stereocenters. The third kappa shape index (κ3) is 6.12. The van der Waals surface area contributed by atoms with Gasteiger partial charge in [-0.2, -0.15) is 0 Å². The maximum Gasteiger partial charge on any atom is 0.319 e. The molecule has 6 nitrogen and oxygen atoms in total. The Kier molecular flexibility index (Phi) is 7.99. The molecule has 4 rings (SSSR count). The lowest BCUT2D eigenvalue weighted by Crippen LogP contribution is -2.29. The first-order chi connectivity index (χ1) is 18.0. The molecule has 0 aromatic heterocycles. The van der Waals surface area contributed by atoms with Crippen LogP contribution in [0.4, 0.5) is 19.3 Å². The summed E-state index contributed by atoms with van der Waals surface area (Å²) in [6, 6.07) is 18.2. The van der Waals surface area contributed by atoms with Gasteiger partial charge in [0.05, 0.1) is 16.3 Å². The minimum atomic E-state index is -3.71. The fourth-order valence-electron chi connectivity index (χ4n) is 3.78. The van der Waals surface area contributed by atoms with Crippen LogP contribution in [-0.4, -0.2) is 14.4 Å². The second-order valence-corrected chi connectivity index (χ2v) is 10.9. The number of nitrogens with one attached hydrogen (secondary N) is 2. The number of hydrogen-bond donors (Lipinski definition) is 2. The average molecular weight is 557 g/mol. The summed E-state index contributed by atoms with van der Waals surface area (Å²) in [6.45, 7) is 3.23. The van der Waals surface area contributed by atoms with E-state index >= 15 is 0 Å². The van der Waals surface area contributed by atoms with Gasteiger partial charge in [-0.1, -0.05) is 17.7 Å². The van der Waals surface area contributed by atoms with E-state index in [0.29, 0.717) is 33.3 Å². The second-order valence-electron chi connectivity index (χ2n) is 8.47. The summed E-state index contributed by atoms with van der Waals surface area (Å²) in [4.78, 5) is 12.6. The first-order valence-electron chi connectivity index (χ1n) is 11.4. The summed E-state index contributed by atoms with van der Waals surface area (Å²) in [5, 5.41) is 5.59. The molecule has 4 aromatic rings. The minimum Gasteiger partial charge on any atom is -0.457 e. The van der Waals surface area contributed by atoms with Crippen molar-refractivity contribution in [3.63, 3.8) is 0 Å². The Labute approximate surface area is 224 Å². The van der Waals surface area contributed by atoms with E-state index in [2.05, 4.69) is 10.6 Å². The molecule has 2 N–H and O–H groups in total. The average Bonchev–Trinajstić information content (AvgIpc) is 2.86. The van der Waals surface area contributed by atoms with Gasteiger partial charge < -0.3 is 15.4 Å². The van der Waals surface area contributed by atoms with Crippen LogP contribution in [0, 0.1) is 25.5 Å². The summed E-state index contributed by atoms with van der Waals surface area (Å²) >= 11 is 5.85. The second kappa shape index (κ2) is 11.2. The van der Waals surface area contributed by atoms with Gasteiger partial charge >= 0.3 is 6.03 Å². The molecule has 0 atom stereocenters. The van der Waals surface area contributed by atoms with Gasteiger partial charge in [0.2, 0.25) is 9.84 Å². The number of rotatable bonds is 7. The number of benzene rings is 4. The number of sulfone groups is 1. The summed E-state index contributed by atoms with van der Waals surface area (Å²) in [6.07, 6.45) is 0. The normalized spacial score (nSPS) is 11.2. The van der Waals surface area contributed by atoms with Crippen molar-refractivity contribution in [2.24, 2.45) is 0 Å². The third-order valence-electron chi connectivity index (χ3n) is 5.73. The highest BCUT2D eigenvalue weighted by atomic mass is 35.5. The van der Waals surface area contributed by atoms with E-state index in [1.165, 1.54) is 42.5 Å². The molecular formula is C28H23ClF2N2O4S. The van der Waals surface area contributed by atoms with E-state index in [4.69, 9.17) is 16.3 Å². The van der Waals surface area contributed by atoms with Crippen LogP contribution in [0.1, 0.15) is 16.7 Å². The molecule has 0 fully saturated rings. The van der Waals surface area contributed by atoms with Crippen LogP contribution in [0.5, 0.6) is 11.5 Å². The van der Waals surface area contributed by atoms with E-state index < -0.39 is 27.5 Å². The van der Waals surface area contributed by atoms with Crippen LogP contribution < -0.4 is 15.4 Å². The monoisotopic (exact) mass is 556 g/mol. The van der Waals surface area contributed by atoms with Crippen molar-refractivity contribution in [3.05, 3.63) is 112 Å². The molecule has 196 valence electrons. The molecule has 0 aliphatic rings. The standard InChI is InChI=1S/C28H23ClF2N2O4S/c1-17-14-21(15-18(2)27(17)33-28(34)32-16-24-25(30)4-3-5-26(24)31)37-20-8-12-23(13-9-20)38(35,36)22-10-6-19(29)7-11-22/h3-15H,16H2,1-2H3,(H2,32,33,34). The number of carbonyl (C=O) groups is 1. The quantitative estimate of drug-likeness (QED) is 0.252. The van der Waals surface area contributed by atoms with Gasteiger partial charge in [0.25, 0.3) is 0 Å². The van der Waals surface area contributed by atoms with Crippen LogP contribution in [0.3, 0.4) is 0 Å². The van der Waals surface area contributed by atoms with Crippen molar-refractivity contribution >= 4 is 33.2 Å². The highest BCUT2D eigenvalue weighted by Gasteiger charge is 2.18. The number of hydrogen-bond acceptors (Lipinski definition) is 4. The number of anilines is 1. The molecule has 38 heavy (non-hydrogen) atoms. The van der Waals surface area contributed by atoms with Gasteiger partial charge in [-0.05, 0) is 97.8 Å². The summed E-state index contributed by atoms with van der Waals surface area (Å²) < 4.78 is 59.1. The Morgan fingerprint density at radius 3 is 1.92 bits per heavy atom. The SMILES string of the molecule is Cc1cc(Oc2ccc(S(=O)(=O)c3ccc(Cl)cc3)cc2)cc(C)c1NC(=O)NCc1c(F)cccc1F. The fraction of sp³-hybridized carbons (Fsp3) is 0.107. The van der Waals surface area contributed by atoms with E-state index in [0.717, 1.165) is 12.1 Å². The summed E-state index contributed by atoms with van der Waals surface area (Å²) in [7, 11) is -3.71. The van der Waals surface area contributed by atoms with Crippen LogP contribution >= 0.6 is 11.6 Å². The van der Waals surface area contributed by atoms with Crippen LogP contribution in [0.25, 0.3) is 0 Å². The molecule has 10 heteroatoms. The first kappa shape index (κ1) is 27.1. The lowest BCUT2D eigenvalue weighted by Gasteiger charge is -2.15. The summed E-state index contributed by atoms with van der Waals surface area (Å²) in [5.74, 6) is -0.582. The van der Waals surface area contributed by atoms with E-state index in [1.54, 1.807) is 38.1 Å². The number of amides is 2. The molecule has 0 heterocycles. The van der Waals surface area contributed by atoms with E-state index in [9.17, 15) is 22.0 Å². The van der Waals surface area contributed by atoms with Gasteiger partial charge in [0.15, 0.2) is 0 Å². The molecule has 0 radical (unpaired) electrons. The van der Waals surface area contributed by atoms with Gasteiger partial charge in [-0.3, -0.25) is 0 Å². The molecule has 0 aliphatic carbocycles. The maximum atomic E-state index is 13.8. The molecule has 0 bridgehead atoms. The largest absolute Gasteiger partial charge is 0.457 e. The van der Waals surface area contributed by atoms with Crippen molar-refractivity contribution in [2.75, 3.05) is 5.32 Å². The van der Waals surface area contributed by atoms with Gasteiger partial charge in [-0.15, -0.1) is 0 Å². The zero-order chi connectivity index (χ0) is 27.4. The van der Waals surface area contributed by atoms with Crippen molar-refractivity contribution in [1.29, 1.82) is 0 Å². The molecule has 0 spiro atoms. The number of urea groups is 1. The Bertz CT molecular complexity index is 1550. The smallest absolute Gasteiger partial charge is 0.319 e. The minimum absolute atomic E-state index is 0.111. The van der Waals surface area contributed by atoms with Crippen LogP contribution in [-0.2, 0) is 16.4 Å². The lowest BCUT2D eigenvalue weighted by molar-refractivity contribution is 0.251. The zero-order valence-corrected chi connectivity index (χ0v) is 22.0. The van der Waals surface area contributed by atoms with Crippen molar-refractivity contribution in [1.82, 2.24) is 5.32 Å². The van der Waals surface area contributed by atoms with Crippen molar-refractivity contribution in [3.8, 4) is 11.5 Å². The molecule has 0 aliphatic heterocycles. The highest BCUT2D eigenvalue weighted by Crippen LogP contribution is 2.31. The molecule has 4 aromatic carbocycles. The van der Waals surface area contributed by atoms with E-state index in [-0.39, 0.29) is 21.9 Å². The third-order valence-corrected chi connectivity index (χ3v) is 7.76. The Hall–Kier alpha value is -3.95.